The van der Waals surface area contributed by atoms with Crippen LogP contribution in [0.4, 0.5) is 5.69 Å². The van der Waals surface area contributed by atoms with Gasteiger partial charge in [0.15, 0.2) is 5.78 Å². The quantitative estimate of drug-likeness (QED) is 0.762. The number of carbonyl (C=O) groups is 1. The Balaban J connectivity index is 2.28. The summed E-state index contributed by atoms with van der Waals surface area (Å²) in [5.74, 6) is 1.55. The molecule has 1 aliphatic carbocycles. The number of rotatable bonds is 4. The van der Waals surface area contributed by atoms with E-state index in [-0.39, 0.29) is 5.78 Å². The maximum atomic E-state index is 11.6. The second-order valence-corrected chi connectivity index (χ2v) is 5.25. The lowest BCUT2D eigenvalue weighted by atomic mass is 10.1. The highest BCUT2D eigenvalue weighted by Crippen LogP contribution is 2.39. The zero-order chi connectivity index (χ0) is 13.3. The van der Waals surface area contributed by atoms with E-state index in [9.17, 15) is 4.79 Å². The van der Waals surface area contributed by atoms with Crippen LogP contribution in [0.1, 0.15) is 36.2 Å². The minimum Gasteiger partial charge on any atom is -0.374 e. The maximum Gasteiger partial charge on any atom is 0.161 e. The fourth-order valence-electron chi connectivity index (χ4n) is 2.32. The van der Waals surface area contributed by atoms with Gasteiger partial charge in [0.1, 0.15) is 0 Å². The first kappa shape index (κ1) is 12.6. The lowest BCUT2D eigenvalue weighted by Gasteiger charge is -2.22. The van der Waals surface area contributed by atoms with Gasteiger partial charge in [0.25, 0.3) is 0 Å². The summed E-state index contributed by atoms with van der Waals surface area (Å²) < 4.78 is 0. The van der Waals surface area contributed by atoms with E-state index < -0.39 is 0 Å². The lowest BCUT2D eigenvalue weighted by Crippen LogP contribution is -2.22. The molecule has 0 saturated heterocycles. The number of anilines is 1. The van der Waals surface area contributed by atoms with Crippen molar-refractivity contribution in [1.29, 1.82) is 5.26 Å². The summed E-state index contributed by atoms with van der Waals surface area (Å²) in [6, 6.07) is 7.39. The highest BCUT2D eigenvalue weighted by molar-refractivity contribution is 6.00. The number of hydrogen-bond acceptors (Lipinski definition) is 3. The van der Waals surface area contributed by atoms with Crippen molar-refractivity contribution in [3.63, 3.8) is 0 Å². The molecule has 0 spiro atoms. The van der Waals surface area contributed by atoms with Crippen LogP contribution in [-0.4, -0.2) is 19.4 Å². The number of ketones is 1. The molecule has 0 aliphatic heterocycles. The van der Waals surface area contributed by atoms with E-state index >= 15 is 0 Å². The third kappa shape index (κ3) is 2.53. The monoisotopic (exact) mass is 242 g/mol. The molecule has 3 nitrogen and oxygen atoms in total. The molecular formula is C15H18N2O. The molecule has 2 unspecified atom stereocenters. The van der Waals surface area contributed by atoms with E-state index in [1.54, 1.807) is 19.1 Å². The van der Waals surface area contributed by atoms with Gasteiger partial charge in [0, 0.05) is 24.8 Å². The van der Waals surface area contributed by atoms with Crippen molar-refractivity contribution in [2.24, 2.45) is 11.8 Å². The summed E-state index contributed by atoms with van der Waals surface area (Å²) in [5, 5.41) is 8.96. The average Bonchev–Trinajstić information content (AvgIpc) is 3.03. The second kappa shape index (κ2) is 4.81. The number of Topliss-reactive ketones (excluding diaryl/α,β-unsaturated/α-hetero) is 1. The molecule has 2 rings (SSSR count). The van der Waals surface area contributed by atoms with Crippen LogP contribution < -0.4 is 4.90 Å². The molecule has 94 valence electrons. The standard InChI is InChI=1S/C15H18N2O/c1-10-6-13(10)9-17(3)15-7-12(8-16)4-5-14(15)11(2)18/h4-5,7,10,13H,6,9H2,1-3H3. The van der Waals surface area contributed by atoms with Crippen molar-refractivity contribution in [3.05, 3.63) is 29.3 Å². The Labute approximate surface area is 108 Å². The third-order valence-corrected chi connectivity index (χ3v) is 3.70. The van der Waals surface area contributed by atoms with Crippen LogP contribution in [0.25, 0.3) is 0 Å². The third-order valence-electron chi connectivity index (χ3n) is 3.70. The molecule has 3 heteroatoms. The minimum absolute atomic E-state index is 0.0465. The van der Waals surface area contributed by atoms with Gasteiger partial charge >= 0.3 is 0 Å². The van der Waals surface area contributed by atoms with Crippen LogP contribution in [0.5, 0.6) is 0 Å². The zero-order valence-corrected chi connectivity index (χ0v) is 11.1. The summed E-state index contributed by atoms with van der Waals surface area (Å²) in [6.45, 7) is 4.77. The number of carbonyl (C=O) groups excluding carboxylic acids is 1. The van der Waals surface area contributed by atoms with Crippen LogP contribution in [0.2, 0.25) is 0 Å². The molecule has 2 atom stereocenters. The SMILES string of the molecule is CC(=O)c1ccc(C#N)cc1N(C)CC1CC1C. The maximum absolute atomic E-state index is 11.6. The second-order valence-electron chi connectivity index (χ2n) is 5.25. The normalized spacial score (nSPS) is 21.2. The van der Waals surface area contributed by atoms with E-state index in [1.165, 1.54) is 6.42 Å². The number of hydrogen-bond donors (Lipinski definition) is 0. The van der Waals surface area contributed by atoms with Gasteiger partial charge in [0.2, 0.25) is 0 Å². The van der Waals surface area contributed by atoms with Gasteiger partial charge in [-0.25, -0.2) is 0 Å². The first-order valence-corrected chi connectivity index (χ1v) is 6.29. The molecule has 1 aromatic rings. The summed E-state index contributed by atoms with van der Waals surface area (Å²) in [5.41, 5.74) is 2.18. The Hall–Kier alpha value is -1.82. The highest BCUT2D eigenvalue weighted by Gasteiger charge is 2.33. The number of benzene rings is 1. The van der Waals surface area contributed by atoms with Gasteiger partial charge in [-0.2, -0.15) is 5.26 Å². The van der Waals surface area contributed by atoms with Gasteiger partial charge in [-0.15, -0.1) is 0 Å². The molecular weight excluding hydrogens is 224 g/mol. The Morgan fingerprint density at radius 2 is 2.22 bits per heavy atom. The highest BCUT2D eigenvalue weighted by atomic mass is 16.1. The molecule has 0 aromatic heterocycles. The van der Waals surface area contributed by atoms with Crippen molar-refractivity contribution in [3.8, 4) is 6.07 Å². The Morgan fingerprint density at radius 1 is 1.56 bits per heavy atom. The minimum atomic E-state index is 0.0465. The van der Waals surface area contributed by atoms with E-state index in [0.29, 0.717) is 11.1 Å². The van der Waals surface area contributed by atoms with E-state index in [4.69, 9.17) is 5.26 Å². The van der Waals surface area contributed by atoms with E-state index in [0.717, 1.165) is 24.1 Å². The molecule has 1 aromatic carbocycles. The fraction of sp³-hybridized carbons (Fsp3) is 0.467. The Morgan fingerprint density at radius 3 is 2.72 bits per heavy atom. The zero-order valence-electron chi connectivity index (χ0n) is 11.1. The fourth-order valence-corrected chi connectivity index (χ4v) is 2.32. The van der Waals surface area contributed by atoms with Crippen LogP contribution >= 0.6 is 0 Å². The first-order chi connectivity index (χ1) is 8.52. The Bertz CT molecular complexity index is 516. The molecule has 1 saturated carbocycles. The largest absolute Gasteiger partial charge is 0.374 e. The van der Waals surface area contributed by atoms with Crippen LogP contribution in [0, 0.1) is 23.2 Å². The van der Waals surface area contributed by atoms with Gasteiger partial charge < -0.3 is 4.90 Å². The first-order valence-electron chi connectivity index (χ1n) is 6.29. The van der Waals surface area contributed by atoms with Gasteiger partial charge in [0.05, 0.1) is 11.6 Å². The van der Waals surface area contributed by atoms with Crippen LogP contribution in [-0.2, 0) is 0 Å². The molecule has 0 N–H and O–H groups in total. The summed E-state index contributed by atoms with van der Waals surface area (Å²) in [7, 11) is 1.99. The lowest BCUT2D eigenvalue weighted by molar-refractivity contribution is 0.101. The smallest absolute Gasteiger partial charge is 0.161 e. The number of nitriles is 1. The average molecular weight is 242 g/mol. The van der Waals surface area contributed by atoms with Gasteiger partial charge in [-0.3, -0.25) is 4.79 Å². The molecule has 1 aliphatic rings. The van der Waals surface area contributed by atoms with Gasteiger partial charge in [-0.1, -0.05) is 6.92 Å². The molecule has 18 heavy (non-hydrogen) atoms. The van der Waals surface area contributed by atoms with Crippen molar-refractivity contribution in [1.82, 2.24) is 0 Å². The molecule has 0 radical (unpaired) electrons. The van der Waals surface area contributed by atoms with Crippen LogP contribution in [0.3, 0.4) is 0 Å². The molecule has 0 heterocycles. The topological polar surface area (TPSA) is 44.1 Å². The van der Waals surface area contributed by atoms with Crippen molar-refractivity contribution >= 4 is 11.5 Å². The van der Waals surface area contributed by atoms with Crippen molar-refractivity contribution in [2.45, 2.75) is 20.3 Å². The van der Waals surface area contributed by atoms with Gasteiger partial charge in [-0.05, 0) is 43.4 Å². The molecule has 0 amide bonds. The molecule has 0 bridgehead atoms. The summed E-state index contributed by atoms with van der Waals surface area (Å²) in [6.07, 6.45) is 1.26. The predicted octanol–water partition coefficient (Wildman–Crippen LogP) is 2.85. The molecule has 1 fully saturated rings. The van der Waals surface area contributed by atoms with E-state index in [2.05, 4.69) is 17.9 Å². The summed E-state index contributed by atoms with van der Waals surface area (Å²) >= 11 is 0. The van der Waals surface area contributed by atoms with Crippen molar-refractivity contribution in [2.75, 3.05) is 18.5 Å². The van der Waals surface area contributed by atoms with E-state index in [1.807, 2.05) is 13.1 Å². The van der Waals surface area contributed by atoms with Crippen molar-refractivity contribution < 1.29 is 4.79 Å². The Kier molecular flexibility index (Phi) is 3.38. The predicted molar refractivity (Wildman–Crippen MR) is 71.7 cm³/mol. The summed E-state index contributed by atoms with van der Waals surface area (Å²) in [4.78, 5) is 13.7. The van der Waals surface area contributed by atoms with Crippen LogP contribution in [0.15, 0.2) is 18.2 Å². The number of nitrogens with zero attached hydrogens (tertiary/aromatic N) is 2.